The Kier molecular flexibility index (Phi) is 6.79. The lowest BCUT2D eigenvalue weighted by Gasteiger charge is -2.29. The third-order valence-electron chi connectivity index (χ3n) is 5.12. The first-order valence-corrected chi connectivity index (χ1v) is 9.89. The van der Waals surface area contributed by atoms with Gasteiger partial charge in [0.15, 0.2) is 23.9 Å². The number of ketones is 1. The van der Waals surface area contributed by atoms with Gasteiger partial charge in [-0.25, -0.2) is 0 Å². The number of ether oxygens (including phenoxy) is 3. The van der Waals surface area contributed by atoms with E-state index in [1.54, 1.807) is 31.3 Å². The molecule has 8 nitrogen and oxygen atoms in total. The molecular weight excluding hydrogens is 400 g/mol. The van der Waals surface area contributed by atoms with Crippen molar-refractivity contribution in [2.24, 2.45) is 0 Å². The second kappa shape index (κ2) is 9.51. The van der Waals surface area contributed by atoms with Crippen molar-refractivity contribution in [3.63, 3.8) is 0 Å². The van der Waals surface area contributed by atoms with Crippen LogP contribution in [0.4, 0.5) is 5.69 Å². The molecular formula is C23H26N2O6. The van der Waals surface area contributed by atoms with Crippen LogP contribution in [0.2, 0.25) is 0 Å². The molecule has 1 N–H and O–H groups in total. The van der Waals surface area contributed by atoms with E-state index in [1.807, 2.05) is 12.1 Å². The van der Waals surface area contributed by atoms with Gasteiger partial charge < -0.3 is 24.4 Å². The first kappa shape index (κ1) is 22.1. The Labute approximate surface area is 181 Å². The number of rotatable bonds is 7. The number of benzene rings is 2. The fourth-order valence-corrected chi connectivity index (χ4v) is 3.48. The number of methoxy groups -OCH3 is 2. The van der Waals surface area contributed by atoms with Crippen LogP contribution in [-0.2, 0) is 22.6 Å². The van der Waals surface area contributed by atoms with Crippen LogP contribution in [0.3, 0.4) is 0 Å². The summed E-state index contributed by atoms with van der Waals surface area (Å²) < 4.78 is 16.4. The van der Waals surface area contributed by atoms with Crippen LogP contribution in [0.25, 0.3) is 0 Å². The molecule has 0 fully saturated rings. The van der Waals surface area contributed by atoms with E-state index >= 15 is 0 Å². The molecule has 2 amide bonds. The lowest BCUT2D eigenvalue weighted by atomic mass is 9.99. The lowest BCUT2D eigenvalue weighted by Crippen LogP contribution is -2.38. The summed E-state index contributed by atoms with van der Waals surface area (Å²) in [6, 6.07) is 8.56. The largest absolute Gasteiger partial charge is 0.493 e. The second-order valence-corrected chi connectivity index (χ2v) is 7.28. The summed E-state index contributed by atoms with van der Waals surface area (Å²) in [4.78, 5) is 37.7. The molecule has 0 saturated heterocycles. The molecule has 31 heavy (non-hydrogen) atoms. The van der Waals surface area contributed by atoms with Gasteiger partial charge in [0.25, 0.3) is 5.91 Å². The predicted molar refractivity (Wildman–Crippen MR) is 115 cm³/mol. The monoisotopic (exact) mass is 426 g/mol. The van der Waals surface area contributed by atoms with Crippen molar-refractivity contribution >= 4 is 23.3 Å². The van der Waals surface area contributed by atoms with E-state index in [-0.39, 0.29) is 30.0 Å². The van der Waals surface area contributed by atoms with Gasteiger partial charge in [-0.1, -0.05) is 0 Å². The number of hydrogen-bond acceptors (Lipinski definition) is 6. The van der Waals surface area contributed by atoms with Gasteiger partial charge in [-0.15, -0.1) is 0 Å². The number of carbonyl (C=O) groups excluding carboxylic acids is 3. The van der Waals surface area contributed by atoms with Crippen LogP contribution in [0.1, 0.15) is 35.3 Å². The second-order valence-electron chi connectivity index (χ2n) is 7.28. The molecule has 1 aliphatic rings. The minimum absolute atomic E-state index is 0.137. The third-order valence-corrected chi connectivity index (χ3v) is 5.12. The molecule has 0 aromatic heterocycles. The average molecular weight is 426 g/mol. The third kappa shape index (κ3) is 5.14. The average Bonchev–Trinajstić information content (AvgIpc) is 2.76. The van der Waals surface area contributed by atoms with Crippen molar-refractivity contribution in [1.29, 1.82) is 0 Å². The normalized spacial score (nSPS) is 12.6. The van der Waals surface area contributed by atoms with Crippen molar-refractivity contribution in [3.8, 4) is 17.2 Å². The van der Waals surface area contributed by atoms with Gasteiger partial charge in [0.05, 0.1) is 19.9 Å². The SMILES string of the molecule is COc1cc2c(cc1OC)CN(C(=O)COc1cc(C(C)=O)ccc1NC(C)=O)CC2. The molecule has 0 spiro atoms. The van der Waals surface area contributed by atoms with Crippen molar-refractivity contribution < 1.29 is 28.6 Å². The molecule has 2 aromatic carbocycles. The molecule has 164 valence electrons. The maximum Gasteiger partial charge on any atom is 0.260 e. The summed E-state index contributed by atoms with van der Waals surface area (Å²) in [6.07, 6.45) is 0.693. The van der Waals surface area contributed by atoms with Crippen LogP contribution in [-0.4, -0.2) is 49.9 Å². The Bertz CT molecular complexity index is 1020. The molecule has 0 atom stereocenters. The molecule has 1 heterocycles. The highest BCUT2D eigenvalue weighted by Crippen LogP contribution is 2.33. The Balaban J connectivity index is 1.72. The van der Waals surface area contributed by atoms with Crippen LogP contribution in [0, 0.1) is 0 Å². The highest BCUT2D eigenvalue weighted by atomic mass is 16.5. The number of hydrogen-bond donors (Lipinski definition) is 1. The Morgan fingerprint density at radius 1 is 0.968 bits per heavy atom. The molecule has 0 aliphatic carbocycles. The van der Waals surface area contributed by atoms with Crippen molar-refractivity contribution in [2.45, 2.75) is 26.8 Å². The Morgan fingerprint density at radius 3 is 2.26 bits per heavy atom. The van der Waals surface area contributed by atoms with E-state index in [2.05, 4.69) is 5.32 Å². The van der Waals surface area contributed by atoms with Crippen molar-refractivity contribution in [3.05, 3.63) is 47.0 Å². The van der Waals surface area contributed by atoms with E-state index in [0.717, 1.165) is 11.1 Å². The quantitative estimate of drug-likeness (QED) is 0.685. The highest BCUT2D eigenvalue weighted by Gasteiger charge is 2.23. The molecule has 3 rings (SSSR count). The van der Waals surface area contributed by atoms with E-state index in [1.165, 1.54) is 19.9 Å². The van der Waals surface area contributed by atoms with Crippen LogP contribution >= 0.6 is 0 Å². The number of fused-ring (bicyclic) bond motifs is 1. The topological polar surface area (TPSA) is 94.2 Å². The fourth-order valence-electron chi connectivity index (χ4n) is 3.48. The minimum Gasteiger partial charge on any atom is -0.493 e. The number of nitrogens with zero attached hydrogens (tertiary/aromatic N) is 1. The van der Waals surface area contributed by atoms with Crippen LogP contribution in [0.5, 0.6) is 17.2 Å². The first-order chi connectivity index (χ1) is 14.8. The molecule has 1 aliphatic heterocycles. The van der Waals surface area contributed by atoms with Gasteiger partial charge in [-0.2, -0.15) is 0 Å². The standard InChI is InChI=1S/C23H26N2O6/c1-14(26)16-5-6-19(24-15(2)27)20(9-16)31-13-23(28)25-8-7-17-10-21(29-3)22(30-4)11-18(17)12-25/h5-6,9-11H,7-8,12-13H2,1-4H3,(H,24,27). The smallest absolute Gasteiger partial charge is 0.260 e. The van der Waals surface area contributed by atoms with Crippen LogP contribution in [0.15, 0.2) is 30.3 Å². The van der Waals surface area contributed by atoms with Gasteiger partial charge >= 0.3 is 0 Å². The summed E-state index contributed by atoms with van der Waals surface area (Å²) in [5.41, 5.74) is 2.95. The van der Waals surface area contributed by atoms with Gasteiger partial charge in [-0.3, -0.25) is 14.4 Å². The zero-order chi connectivity index (χ0) is 22.5. The van der Waals surface area contributed by atoms with Gasteiger partial charge in [0, 0.05) is 25.6 Å². The van der Waals surface area contributed by atoms with E-state index in [0.29, 0.717) is 42.3 Å². The molecule has 0 unspecified atom stereocenters. The van der Waals surface area contributed by atoms with E-state index in [4.69, 9.17) is 14.2 Å². The zero-order valence-electron chi connectivity index (χ0n) is 18.1. The fraction of sp³-hybridized carbons (Fsp3) is 0.348. The van der Waals surface area contributed by atoms with Gasteiger partial charge in [0.2, 0.25) is 5.91 Å². The Morgan fingerprint density at radius 2 is 1.65 bits per heavy atom. The number of amides is 2. The van der Waals surface area contributed by atoms with E-state index in [9.17, 15) is 14.4 Å². The van der Waals surface area contributed by atoms with Crippen LogP contribution < -0.4 is 19.5 Å². The first-order valence-electron chi connectivity index (χ1n) is 9.89. The zero-order valence-corrected chi connectivity index (χ0v) is 18.1. The summed E-state index contributed by atoms with van der Waals surface area (Å²) in [6.45, 7) is 3.59. The molecule has 2 aromatic rings. The molecule has 8 heteroatoms. The number of carbonyl (C=O) groups is 3. The number of nitrogens with one attached hydrogen (secondary N) is 1. The maximum atomic E-state index is 12.8. The summed E-state index contributed by atoms with van der Waals surface area (Å²) >= 11 is 0. The van der Waals surface area contributed by atoms with Gasteiger partial charge in [-0.05, 0) is 54.8 Å². The lowest BCUT2D eigenvalue weighted by molar-refractivity contribution is -0.134. The predicted octanol–water partition coefficient (Wildman–Crippen LogP) is 2.83. The highest BCUT2D eigenvalue weighted by molar-refractivity contribution is 5.96. The van der Waals surface area contributed by atoms with E-state index < -0.39 is 0 Å². The molecule has 0 radical (unpaired) electrons. The van der Waals surface area contributed by atoms with Crippen molar-refractivity contribution in [1.82, 2.24) is 4.90 Å². The minimum atomic E-state index is -0.274. The summed E-state index contributed by atoms with van der Waals surface area (Å²) in [5.74, 6) is 0.960. The summed E-state index contributed by atoms with van der Waals surface area (Å²) in [7, 11) is 3.17. The van der Waals surface area contributed by atoms with Crippen molar-refractivity contribution in [2.75, 3.05) is 32.7 Å². The molecule has 0 bridgehead atoms. The number of Topliss-reactive ketones (excluding diaryl/α,β-unsaturated/α-hetero) is 1. The maximum absolute atomic E-state index is 12.8. The number of anilines is 1. The molecule has 0 saturated carbocycles. The Hall–Kier alpha value is -3.55. The summed E-state index contributed by atoms with van der Waals surface area (Å²) in [5, 5.41) is 2.65. The van der Waals surface area contributed by atoms with Gasteiger partial charge in [0.1, 0.15) is 5.75 Å².